The van der Waals surface area contributed by atoms with Crippen LogP contribution in [-0.4, -0.2) is 83.6 Å². The number of nitrogens with zero attached hydrogens (tertiary/aromatic N) is 7. The van der Waals surface area contributed by atoms with Gasteiger partial charge < -0.3 is 25.8 Å². The van der Waals surface area contributed by atoms with E-state index in [0.29, 0.717) is 16.5 Å². The number of hydrogen-bond donors (Lipinski definition) is 2. The summed E-state index contributed by atoms with van der Waals surface area (Å²) in [5.74, 6) is -2.16. The third kappa shape index (κ3) is 5.08. The number of carboxylic acids is 1. The van der Waals surface area contributed by atoms with E-state index in [9.17, 15) is 19.5 Å². The zero-order chi connectivity index (χ0) is 23.7. The van der Waals surface area contributed by atoms with E-state index < -0.39 is 29.2 Å². The van der Waals surface area contributed by atoms with Crippen molar-refractivity contribution < 1.29 is 53.9 Å². The SMILES string of the molecule is CO/N=C(\C(=O)NC1C(=O)N2C(C(=O)[O-])=C(CSc3nnnn3C)CS[C@H]12)c1csc(N)n1.[Na+]. The number of hydrogen-bond acceptors (Lipinski definition) is 14. The van der Waals surface area contributed by atoms with Crippen LogP contribution in [0, 0.1) is 0 Å². The number of rotatable bonds is 8. The number of nitrogens with two attached hydrogens (primary N) is 1. The number of tetrazole rings is 1. The average Bonchev–Trinajstić information content (AvgIpc) is 3.40. The fourth-order valence-corrected chi connectivity index (χ4v) is 6.06. The van der Waals surface area contributed by atoms with Gasteiger partial charge in [-0.05, 0) is 16.0 Å². The number of anilines is 1. The van der Waals surface area contributed by atoms with Gasteiger partial charge in [-0.2, -0.15) is 0 Å². The minimum Gasteiger partial charge on any atom is -0.543 e. The first-order valence-corrected chi connectivity index (χ1v) is 12.1. The summed E-state index contributed by atoms with van der Waals surface area (Å²) in [6.45, 7) is 0. The number of fused-ring (bicyclic) bond motifs is 1. The van der Waals surface area contributed by atoms with Crippen molar-refractivity contribution in [3.8, 4) is 0 Å². The van der Waals surface area contributed by atoms with E-state index in [0.717, 1.165) is 16.2 Å². The second kappa shape index (κ2) is 11.0. The van der Waals surface area contributed by atoms with Crippen LogP contribution in [0.1, 0.15) is 5.69 Å². The quantitative estimate of drug-likeness (QED) is 0.108. The summed E-state index contributed by atoms with van der Waals surface area (Å²) in [5.41, 5.74) is 5.97. The van der Waals surface area contributed by atoms with E-state index in [1.54, 1.807) is 7.05 Å². The third-order valence-electron chi connectivity index (χ3n) is 4.65. The van der Waals surface area contributed by atoms with Crippen molar-refractivity contribution in [1.29, 1.82) is 0 Å². The third-order valence-corrected chi connectivity index (χ3v) is 7.76. The minimum atomic E-state index is -1.47. The number of aryl methyl sites for hydroxylation is 1. The number of thiazole rings is 1. The molecular weight excluding hydrogens is 517 g/mol. The van der Waals surface area contributed by atoms with E-state index in [1.165, 1.54) is 40.7 Å². The Hall–Kier alpha value is -2.18. The molecule has 0 radical (unpaired) electrons. The molecule has 4 rings (SSSR count). The molecule has 0 saturated carbocycles. The van der Waals surface area contributed by atoms with E-state index in [2.05, 4.69) is 31.0 Å². The molecule has 18 heteroatoms. The molecule has 0 aliphatic carbocycles. The molecule has 2 amide bonds. The maximum atomic E-state index is 12.8. The number of amides is 2. The predicted molar refractivity (Wildman–Crippen MR) is 117 cm³/mol. The van der Waals surface area contributed by atoms with E-state index in [1.807, 2.05) is 0 Å². The average molecular weight is 534 g/mol. The normalized spacial score (nSPS) is 19.8. The summed E-state index contributed by atoms with van der Waals surface area (Å²) in [5, 5.41) is 30.9. The summed E-state index contributed by atoms with van der Waals surface area (Å²) in [4.78, 5) is 47.3. The van der Waals surface area contributed by atoms with Crippen LogP contribution < -0.4 is 45.7 Å². The number of carbonyl (C=O) groups excluding carboxylic acids is 3. The molecule has 0 bridgehead atoms. The number of aromatic nitrogens is 5. The van der Waals surface area contributed by atoms with Gasteiger partial charge in [-0.15, -0.1) is 28.2 Å². The second-order valence-corrected chi connectivity index (χ2v) is 9.60. The molecule has 1 fully saturated rings. The molecule has 174 valence electrons. The van der Waals surface area contributed by atoms with Crippen LogP contribution in [0.5, 0.6) is 0 Å². The number of thioether (sulfide) groups is 2. The van der Waals surface area contributed by atoms with E-state index in [4.69, 9.17) is 10.6 Å². The predicted octanol–water partition coefficient (Wildman–Crippen LogP) is -5.20. The van der Waals surface area contributed by atoms with Crippen LogP contribution in [0.25, 0.3) is 0 Å². The Morgan fingerprint density at radius 1 is 1.47 bits per heavy atom. The van der Waals surface area contributed by atoms with Crippen LogP contribution in [0.15, 0.2) is 27.0 Å². The first-order valence-electron chi connectivity index (χ1n) is 9.18. The number of β-lactam (4-membered cyclic amide) rings is 1. The molecule has 2 aromatic heterocycles. The number of nitrogen functional groups attached to an aromatic ring is 1. The zero-order valence-corrected chi connectivity index (χ0v) is 22.6. The Kier molecular flexibility index (Phi) is 8.58. The molecule has 2 atom stereocenters. The molecule has 4 heterocycles. The standard InChI is InChI=1S/C16H17N9O5S3.Na/c1-24-16(20-22-23-24)33-4-6-3-31-13-9(12(27)25(13)10(6)14(28)29)19-11(26)8(21-30-2)7-5-32-15(17)18-7;/h5,9,13H,3-4H2,1-2H3,(H2,17,18)(H,19,26)(H,28,29);/q;+1/p-1/b21-8-;/t9?,13-;/m1./s1. The van der Waals surface area contributed by atoms with Gasteiger partial charge in [-0.1, -0.05) is 16.9 Å². The largest absolute Gasteiger partial charge is 1.00 e. The number of oxime groups is 1. The summed E-state index contributed by atoms with van der Waals surface area (Å²) in [6.07, 6.45) is 0. The Balaban J connectivity index is 0.00000324. The van der Waals surface area contributed by atoms with Crippen LogP contribution >= 0.6 is 34.9 Å². The van der Waals surface area contributed by atoms with Crippen molar-refractivity contribution in [2.45, 2.75) is 16.6 Å². The Morgan fingerprint density at radius 3 is 2.82 bits per heavy atom. The molecule has 2 aliphatic rings. The van der Waals surface area contributed by atoms with Gasteiger partial charge in [-0.3, -0.25) is 14.5 Å². The van der Waals surface area contributed by atoms with Gasteiger partial charge in [-0.25, -0.2) is 9.67 Å². The molecular formula is C16H16N9NaO5S3. The Morgan fingerprint density at radius 2 is 2.24 bits per heavy atom. The molecule has 34 heavy (non-hydrogen) atoms. The summed E-state index contributed by atoms with van der Waals surface area (Å²) >= 11 is 3.69. The number of nitrogens with one attached hydrogen (secondary N) is 1. The molecule has 2 aliphatic heterocycles. The Labute approximate surface area is 227 Å². The van der Waals surface area contributed by atoms with Gasteiger partial charge in [0.05, 0.1) is 11.7 Å². The first kappa shape index (κ1) is 26.4. The maximum Gasteiger partial charge on any atom is 1.00 e. The van der Waals surface area contributed by atoms with Gasteiger partial charge in [0.25, 0.3) is 11.8 Å². The van der Waals surface area contributed by atoms with Crippen molar-refractivity contribution in [2.75, 3.05) is 24.3 Å². The maximum absolute atomic E-state index is 12.8. The van der Waals surface area contributed by atoms with Crippen LogP contribution in [-0.2, 0) is 26.3 Å². The van der Waals surface area contributed by atoms with E-state index in [-0.39, 0.29) is 57.5 Å². The fourth-order valence-electron chi connectivity index (χ4n) is 3.18. The molecule has 0 aromatic carbocycles. The van der Waals surface area contributed by atoms with Crippen molar-refractivity contribution in [3.05, 3.63) is 22.3 Å². The van der Waals surface area contributed by atoms with Crippen molar-refractivity contribution in [3.63, 3.8) is 0 Å². The number of carboxylic acid groups (broad SMARTS) is 1. The molecule has 3 N–H and O–H groups in total. The van der Waals surface area contributed by atoms with Gasteiger partial charge in [0.1, 0.15) is 24.2 Å². The Bertz CT molecular complexity index is 1180. The number of aliphatic carboxylic acids is 1. The summed E-state index contributed by atoms with van der Waals surface area (Å²) in [7, 11) is 2.93. The monoisotopic (exact) mass is 533 g/mol. The smallest absolute Gasteiger partial charge is 0.543 e. The van der Waals surface area contributed by atoms with Gasteiger partial charge in [0.15, 0.2) is 10.8 Å². The van der Waals surface area contributed by atoms with Gasteiger partial charge in [0.2, 0.25) is 5.16 Å². The van der Waals surface area contributed by atoms with E-state index >= 15 is 0 Å². The van der Waals surface area contributed by atoms with Crippen molar-refractivity contribution in [1.82, 2.24) is 35.4 Å². The molecule has 14 nitrogen and oxygen atoms in total. The zero-order valence-electron chi connectivity index (χ0n) is 18.1. The second-order valence-electron chi connectivity index (χ2n) is 6.67. The topological polar surface area (TPSA) is 194 Å². The molecule has 1 unspecified atom stereocenters. The molecule has 1 saturated heterocycles. The summed E-state index contributed by atoms with van der Waals surface area (Å²) in [6, 6.07) is -0.952. The molecule has 0 spiro atoms. The van der Waals surface area contributed by atoms with Crippen LogP contribution in [0.4, 0.5) is 5.13 Å². The number of carbonyl (C=O) groups is 3. The van der Waals surface area contributed by atoms with Crippen LogP contribution in [0.3, 0.4) is 0 Å². The van der Waals surface area contributed by atoms with Crippen molar-refractivity contribution in [2.24, 2.45) is 12.2 Å². The van der Waals surface area contributed by atoms with Gasteiger partial charge >= 0.3 is 29.6 Å². The van der Waals surface area contributed by atoms with Crippen LogP contribution in [0.2, 0.25) is 0 Å². The molecule has 2 aromatic rings. The van der Waals surface area contributed by atoms with Crippen molar-refractivity contribution >= 4 is 63.5 Å². The first-order chi connectivity index (χ1) is 15.8. The summed E-state index contributed by atoms with van der Waals surface area (Å²) < 4.78 is 1.46. The fraction of sp³-hybridized carbons (Fsp3) is 0.375. The van der Waals surface area contributed by atoms with Gasteiger partial charge in [0, 0.05) is 23.9 Å². The minimum absolute atomic E-state index is 0.